The summed E-state index contributed by atoms with van der Waals surface area (Å²) >= 11 is 0. The predicted octanol–water partition coefficient (Wildman–Crippen LogP) is 8.79. The topological polar surface area (TPSA) is 245 Å². The second-order valence-corrected chi connectivity index (χ2v) is 25.2. The molecule has 19 nitrogen and oxygen atoms in total. The highest BCUT2D eigenvalue weighted by atomic mass is 19.1. The smallest absolute Gasteiger partial charge is 0.312 e. The van der Waals surface area contributed by atoms with E-state index < -0.39 is 88.8 Å². The molecule has 11 rings (SSSR count). The first-order chi connectivity index (χ1) is 40.2. The van der Waals surface area contributed by atoms with Crippen molar-refractivity contribution in [2.45, 2.75) is 162 Å². The second kappa shape index (κ2) is 23.4. The van der Waals surface area contributed by atoms with Crippen LogP contribution in [0.3, 0.4) is 0 Å². The molecule has 85 heavy (non-hydrogen) atoms. The van der Waals surface area contributed by atoms with Crippen molar-refractivity contribution in [1.82, 2.24) is 14.3 Å². The molecule has 2 aromatic heterocycles. The summed E-state index contributed by atoms with van der Waals surface area (Å²) in [6.45, 7) is 18.7. The van der Waals surface area contributed by atoms with Crippen LogP contribution in [0.15, 0.2) is 58.3 Å². The van der Waals surface area contributed by atoms with Gasteiger partial charge >= 0.3 is 11.8 Å². The van der Waals surface area contributed by atoms with Crippen molar-refractivity contribution >= 4 is 51.5 Å². The predicted molar refractivity (Wildman–Crippen MR) is 321 cm³/mol. The van der Waals surface area contributed by atoms with Crippen molar-refractivity contribution < 1.29 is 63.3 Å². The summed E-state index contributed by atoms with van der Waals surface area (Å²) in [6, 6.07) is 2.20. The number of nitrogens with zero attached hydrogens (tertiary/aromatic N) is 5. The lowest BCUT2D eigenvalue weighted by atomic mass is 9.78. The normalized spacial score (nSPS) is 30.0. The maximum absolute atomic E-state index is 16.2. The van der Waals surface area contributed by atoms with Crippen LogP contribution >= 0.6 is 0 Å². The van der Waals surface area contributed by atoms with E-state index in [4.69, 9.17) is 24.0 Å². The lowest BCUT2D eigenvalue weighted by Gasteiger charge is -2.42. The van der Waals surface area contributed by atoms with Crippen molar-refractivity contribution in [3.63, 3.8) is 0 Å². The number of hydrogen-bond acceptors (Lipinski definition) is 17. The largest absolute Gasteiger partial charge is 0.507 e. The summed E-state index contributed by atoms with van der Waals surface area (Å²) in [4.78, 5) is 59.5. The number of hydrazone groups is 1. The number of aliphatic hydroxyl groups is 2. The number of piperidine rings is 1. The van der Waals surface area contributed by atoms with E-state index in [1.165, 1.54) is 70.0 Å². The number of aryl methyl sites for hydroxylation is 2. The van der Waals surface area contributed by atoms with Crippen LogP contribution in [0, 0.1) is 56.2 Å². The van der Waals surface area contributed by atoms with E-state index in [1.807, 2.05) is 18.0 Å². The molecule has 7 aliphatic rings. The molecule has 0 radical (unpaired) electrons. The van der Waals surface area contributed by atoms with Crippen LogP contribution in [0.2, 0.25) is 0 Å². The van der Waals surface area contributed by atoms with Crippen molar-refractivity contribution in [2.24, 2.45) is 34.7 Å². The van der Waals surface area contributed by atoms with Gasteiger partial charge in [0.2, 0.25) is 0 Å². The number of carbonyl (C=O) groups excluding carboxylic acids is 3. The number of allylic oxidation sites excluding steroid dienone is 2. The van der Waals surface area contributed by atoms with Gasteiger partial charge in [0, 0.05) is 104 Å². The van der Waals surface area contributed by atoms with Gasteiger partial charge in [-0.15, -0.1) is 0 Å². The monoisotopic (exact) mass is 1170 g/mol. The molecule has 4 aromatic rings. The molecule has 458 valence electrons. The number of aliphatic hydroxyl groups excluding tert-OH is 2. The number of amides is 1. The molecule has 2 aliphatic carbocycles. The number of phenols is 3. The Bertz CT molecular complexity index is 3520. The van der Waals surface area contributed by atoms with Crippen LogP contribution < -0.4 is 20.5 Å². The minimum Gasteiger partial charge on any atom is -0.507 e. The first-order valence-electron chi connectivity index (χ1n) is 29.9. The number of benzene rings is 2. The lowest BCUT2D eigenvalue weighted by Crippen LogP contribution is -2.50. The number of aromatic nitrogens is 1. The molecule has 6 N–H and O–H groups in total. The van der Waals surface area contributed by atoms with Crippen LogP contribution in [0.5, 0.6) is 23.0 Å². The molecule has 1 amide bonds. The molecule has 2 saturated heterocycles. The number of fused-ring (bicyclic) bond motifs is 15. The number of rotatable bonds is 9. The molecule has 0 unspecified atom stereocenters. The molecule has 20 heteroatoms. The maximum atomic E-state index is 16.2. The number of ketones is 1. The van der Waals surface area contributed by atoms with Crippen LogP contribution in [-0.4, -0.2) is 146 Å². The van der Waals surface area contributed by atoms with E-state index >= 15 is 4.39 Å². The van der Waals surface area contributed by atoms with E-state index in [0.717, 1.165) is 61.6 Å². The van der Waals surface area contributed by atoms with Gasteiger partial charge in [-0.1, -0.05) is 45.9 Å². The van der Waals surface area contributed by atoms with Gasteiger partial charge in [-0.3, -0.25) is 33.5 Å². The third-order valence-electron chi connectivity index (χ3n) is 19.7. The number of esters is 1. The van der Waals surface area contributed by atoms with Crippen molar-refractivity contribution in [3.8, 4) is 23.0 Å². The Morgan fingerprint density at radius 1 is 0.894 bits per heavy atom. The number of carbonyl (C=O) groups is 3. The zero-order valence-corrected chi connectivity index (χ0v) is 50.9. The number of nitrogens with one attached hydrogen (secondary N) is 1. The van der Waals surface area contributed by atoms with Gasteiger partial charge in [-0.05, 0) is 115 Å². The zero-order chi connectivity index (χ0) is 61.5. The van der Waals surface area contributed by atoms with Crippen molar-refractivity contribution in [1.29, 1.82) is 0 Å². The molecule has 0 spiro atoms. The van der Waals surface area contributed by atoms with Gasteiger partial charge in [0.25, 0.3) is 17.2 Å². The van der Waals surface area contributed by atoms with E-state index in [9.17, 15) is 44.7 Å². The third-order valence-corrected chi connectivity index (χ3v) is 19.7. The highest BCUT2D eigenvalue weighted by Crippen LogP contribution is 2.56. The summed E-state index contributed by atoms with van der Waals surface area (Å²) < 4.78 is 41.7. The number of aromatic hydroxyl groups is 3. The quantitative estimate of drug-likeness (QED) is 0.0397. The molecule has 2 aromatic carbocycles. The number of halogens is 1. The van der Waals surface area contributed by atoms with Gasteiger partial charge in [0.1, 0.15) is 23.4 Å². The number of pyridine rings is 2. The minimum absolute atomic E-state index is 0.0364. The van der Waals surface area contributed by atoms with E-state index in [2.05, 4.69) is 22.2 Å². The molecular formula is C65H83FN6O13. The number of methoxy groups -OCH3 is 1. The molecule has 2 saturated carbocycles. The standard InChI is InChI=1S/C65H83FN6O13/c1-32-14-13-15-33(2)62(80)68-51-45(29-67-71-25-19-43(20-26-71)69(11)65(22-23-65)42-18-24-70(30-42)53-36(5)52-44(41-16-17-41)28-34(3)63(81)72(52)31-46(53)66)57(77)48-49(58(51)78)56(76)39(8)60-50(48)61(79)64(10,85-60)83-27-21-47(82-12)35(4)59(84-40(9)73)38(7)55(75)37(6)54(32)74/h13-15,21,27-29,31-32,35,37-38,41-43,47,54-55,59,74-78H,16-20,22-26,30H2,1-12H3,(H,68,80)/b14-13+,27-21+,33-15-,67-29+/t32-,35+,37+,38+,42+,47-,54-,55+,59+,64-/m0/s1. The number of anilines is 2. The molecule has 4 fully saturated rings. The van der Waals surface area contributed by atoms with Crippen molar-refractivity contribution in [2.75, 3.05) is 50.6 Å². The molecular weight excluding hydrogens is 1090 g/mol. The average molecular weight is 1180 g/mol. The lowest BCUT2D eigenvalue weighted by molar-refractivity contribution is -0.160. The fourth-order valence-corrected chi connectivity index (χ4v) is 14.2. The summed E-state index contributed by atoms with van der Waals surface area (Å²) in [7, 11) is 3.63. The Morgan fingerprint density at radius 2 is 1.59 bits per heavy atom. The highest BCUT2D eigenvalue weighted by molar-refractivity contribution is 6.24. The molecule has 5 bridgehead atoms. The van der Waals surface area contributed by atoms with E-state index in [-0.39, 0.29) is 67.4 Å². The summed E-state index contributed by atoms with van der Waals surface area (Å²) in [5.41, 5.74) is 3.27. The van der Waals surface area contributed by atoms with Gasteiger partial charge in [-0.2, -0.15) is 5.10 Å². The minimum atomic E-state index is -2.09. The van der Waals surface area contributed by atoms with Gasteiger partial charge in [-0.25, -0.2) is 4.39 Å². The SMILES string of the molecule is CO[C@H]1/C=C/O[C@@]2(C)Oc3c(C)c(O)c4c(O)c(c(/C=N/N5CCC(N(C)C6([C@@H]7CCN(c8c(F)cn9c(=O)c(C)cc(C%10CC%10)c9c8C)C7)CC6)CC5)c(O)c4c3C2=O)NC(=O)/C(C)=C\C=C\[C@H](C)[C@H](O)[C@@H](C)[C@@H](O)[C@@H](C)[C@H](OC(C)=O)[C@@H]1C. The summed E-state index contributed by atoms with van der Waals surface area (Å²) in [5.74, 6) is -8.36. The van der Waals surface area contributed by atoms with Gasteiger partial charge < -0.3 is 54.7 Å². The number of Topliss-reactive ketones (excluding diaryl/α,β-unsaturated/α-hetero) is 1. The summed E-state index contributed by atoms with van der Waals surface area (Å²) in [6.07, 6.45) is 12.7. The Balaban J connectivity index is 0.935. The van der Waals surface area contributed by atoms with Crippen LogP contribution in [-0.2, 0) is 23.8 Å². The molecule has 5 aliphatic heterocycles. The first-order valence-corrected chi connectivity index (χ1v) is 29.9. The fraction of sp³-hybridized carbons (Fsp3) is 0.554. The number of phenolic OH excluding ortho intramolecular Hbond substituents is 3. The summed E-state index contributed by atoms with van der Waals surface area (Å²) in [5, 5.41) is 68.7. The number of ether oxygens (including phenoxy) is 4. The first kappa shape index (κ1) is 61.1. The van der Waals surface area contributed by atoms with Crippen LogP contribution in [0.4, 0.5) is 15.8 Å². The Hall–Kier alpha value is -7.00. The van der Waals surface area contributed by atoms with Gasteiger partial charge in [0.05, 0.1) is 70.4 Å². The molecule has 10 atom stereocenters. The Morgan fingerprint density at radius 3 is 2.24 bits per heavy atom. The number of hydrogen-bond donors (Lipinski definition) is 6. The zero-order valence-electron chi connectivity index (χ0n) is 50.9. The van der Waals surface area contributed by atoms with Crippen molar-refractivity contribution in [3.05, 3.63) is 98.0 Å². The van der Waals surface area contributed by atoms with Crippen LogP contribution in [0.1, 0.15) is 138 Å². The third kappa shape index (κ3) is 10.9. The second-order valence-electron chi connectivity index (χ2n) is 25.2. The Labute approximate surface area is 495 Å². The van der Waals surface area contributed by atoms with E-state index in [0.29, 0.717) is 49.3 Å². The highest BCUT2D eigenvalue weighted by Gasteiger charge is 2.56. The van der Waals surface area contributed by atoms with Gasteiger partial charge in [0.15, 0.2) is 11.6 Å². The Kier molecular flexibility index (Phi) is 16.8. The molecule has 7 heterocycles. The van der Waals surface area contributed by atoms with Crippen LogP contribution in [0.25, 0.3) is 16.3 Å². The van der Waals surface area contributed by atoms with E-state index in [1.54, 1.807) is 46.8 Å². The maximum Gasteiger partial charge on any atom is 0.312 e. The fourth-order valence-electron chi connectivity index (χ4n) is 14.2. The average Bonchev–Trinajstić information content (AvgIpc) is 1.84.